The highest BCUT2D eigenvalue weighted by molar-refractivity contribution is 8.26. The zero-order valence-corrected chi connectivity index (χ0v) is 15.8. The Morgan fingerprint density at radius 3 is 2.92 bits per heavy atom. The van der Waals surface area contributed by atoms with E-state index in [1.807, 2.05) is 36.4 Å². The number of carbonyl (C=O) groups is 2. The summed E-state index contributed by atoms with van der Waals surface area (Å²) in [5.41, 5.74) is 1.93. The van der Waals surface area contributed by atoms with Crippen molar-refractivity contribution in [3.63, 3.8) is 0 Å². The lowest BCUT2D eigenvalue weighted by Crippen LogP contribution is -2.29. The first kappa shape index (κ1) is 18.7. The van der Waals surface area contributed by atoms with Gasteiger partial charge >= 0.3 is 5.97 Å². The molecule has 0 radical (unpaired) electrons. The molecule has 0 aromatic heterocycles. The molecule has 0 bridgehead atoms. The summed E-state index contributed by atoms with van der Waals surface area (Å²) in [6, 6.07) is 7.78. The van der Waals surface area contributed by atoms with Crippen LogP contribution in [0.3, 0.4) is 0 Å². The number of amides is 1. The number of carbonyl (C=O) groups excluding carboxylic acids is 1. The highest BCUT2D eigenvalue weighted by atomic mass is 32.2. The Balaban J connectivity index is 1.61. The van der Waals surface area contributed by atoms with Crippen molar-refractivity contribution in [3.05, 3.63) is 46.4 Å². The third kappa shape index (κ3) is 4.53. The lowest BCUT2D eigenvalue weighted by Gasteiger charge is -2.16. The van der Waals surface area contributed by atoms with Crippen molar-refractivity contribution >= 4 is 46.3 Å². The summed E-state index contributed by atoms with van der Waals surface area (Å²) in [7, 11) is 0. The molecule has 136 valence electrons. The van der Waals surface area contributed by atoms with Gasteiger partial charge in [0.15, 0.2) is 0 Å². The van der Waals surface area contributed by atoms with E-state index in [0.29, 0.717) is 28.8 Å². The van der Waals surface area contributed by atoms with Crippen LogP contribution >= 0.6 is 24.0 Å². The Bertz CT molecular complexity index is 800. The molecule has 7 heteroatoms. The van der Waals surface area contributed by atoms with Crippen LogP contribution in [0.2, 0.25) is 0 Å². The van der Waals surface area contributed by atoms with Gasteiger partial charge < -0.3 is 9.84 Å². The summed E-state index contributed by atoms with van der Waals surface area (Å²) < 4.78 is 6.27. The van der Waals surface area contributed by atoms with Gasteiger partial charge in [-0.15, -0.1) is 0 Å². The molecule has 0 aliphatic carbocycles. The van der Waals surface area contributed by atoms with Crippen LogP contribution in [0, 0.1) is 0 Å². The summed E-state index contributed by atoms with van der Waals surface area (Å²) in [5.74, 6) is -0.0281. The smallest absolute Gasteiger partial charge is 0.303 e. The second kappa shape index (κ2) is 8.51. The van der Waals surface area contributed by atoms with Crippen LogP contribution in [0.1, 0.15) is 31.2 Å². The molecule has 1 N–H and O–H groups in total. The number of fused-ring (bicyclic) bond motifs is 1. The first-order chi connectivity index (χ1) is 12.5. The minimum Gasteiger partial charge on any atom is -0.488 e. The number of thiocarbonyl (C=S) groups is 1. The number of benzene rings is 1. The van der Waals surface area contributed by atoms with Gasteiger partial charge in [-0.05, 0) is 36.6 Å². The summed E-state index contributed by atoms with van der Waals surface area (Å²) in [6.07, 6.45) is 6.15. The number of para-hydroxylation sites is 1. The van der Waals surface area contributed by atoms with E-state index in [-0.39, 0.29) is 12.3 Å². The minimum atomic E-state index is -0.789. The van der Waals surface area contributed by atoms with E-state index < -0.39 is 5.97 Å². The molecule has 1 saturated heterocycles. The Labute approximate surface area is 161 Å². The largest absolute Gasteiger partial charge is 0.488 e. The molecule has 26 heavy (non-hydrogen) atoms. The molecule has 1 aromatic rings. The van der Waals surface area contributed by atoms with Crippen LogP contribution in [0.15, 0.2) is 40.8 Å². The number of rotatable bonds is 7. The Hall–Kier alpha value is -2.12. The molecule has 0 unspecified atom stereocenters. The molecule has 0 atom stereocenters. The van der Waals surface area contributed by atoms with Gasteiger partial charge in [-0.1, -0.05) is 48.6 Å². The number of unbranched alkanes of at least 4 members (excludes halogenated alkanes) is 2. The average Bonchev–Trinajstić information content (AvgIpc) is 2.88. The Morgan fingerprint density at radius 1 is 1.31 bits per heavy atom. The van der Waals surface area contributed by atoms with Crippen molar-refractivity contribution in [1.82, 2.24) is 4.90 Å². The lowest BCUT2D eigenvalue weighted by molar-refractivity contribution is -0.137. The molecular formula is C19H19NO4S2. The third-order valence-corrected chi connectivity index (χ3v) is 5.49. The van der Waals surface area contributed by atoms with Crippen LogP contribution < -0.4 is 4.74 Å². The fourth-order valence-corrected chi connectivity index (χ4v) is 4.12. The third-order valence-electron chi connectivity index (χ3n) is 4.12. The van der Waals surface area contributed by atoms with Crippen LogP contribution in [-0.2, 0) is 9.59 Å². The van der Waals surface area contributed by atoms with E-state index in [1.54, 1.807) is 4.90 Å². The van der Waals surface area contributed by atoms with Gasteiger partial charge in [-0.2, -0.15) is 0 Å². The van der Waals surface area contributed by atoms with Gasteiger partial charge in [-0.3, -0.25) is 14.5 Å². The van der Waals surface area contributed by atoms with Crippen LogP contribution in [0.25, 0.3) is 6.08 Å². The quantitative estimate of drug-likeness (QED) is 0.434. The lowest BCUT2D eigenvalue weighted by atomic mass is 10.1. The number of ether oxygens (including phenoxy) is 1. The zero-order valence-electron chi connectivity index (χ0n) is 14.1. The minimum absolute atomic E-state index is 0.0852. The van der Waals surface area contributed by atoms with Gasteiger partial charge in [0.25, 0.3) is 5.91 Å². The molecule has 5 nitrogen and oxygen atoms in total. The summed E-state index contributed by atoms with van der Waals surface area (Å²) in [5, 5.41) is 8.65. The van der Waals surface area contributed by atoms with Gasteiger partial charge in [0, 0.05) is 18.5 Å². The van der Waals surface area contributed by atoms with E-state index in [1.165, 1.54) is 11.8 Å². The number of aliphatic carboxylic acids is 1. The van der Waals surface area contributed by atoms with Crippen LogP contribution in [0.4, 0.5) is 0 Å². The van der Waals surface area contributed by atoms with E-state index in [9.17, 15) is 9.59 Å². The van der Waals surface area contributed by atoms with Gasteiger partial charge in [0.1, 0.15) is 16.7 Å². The van der Waals surface area contributed by atoms with Crippen molar-refractivity contribution in [1.29, 1.82) is 0 Å². The number of hydrogen-bond acceptors (Lipinski definition) is 5. The highest BCUT2D eigenvalue weighted by Crippen LogP contribution is 2.34. The van der Waals surface area contributed by atoms with Crippen molar-refractivity contribution < 1.29 is 19.4 Å². The van der Waals surface area contributed by atoms with Crippen LogP contribution in [-0.4, -0.2) is 39.4 Å². The molecule has 2 heterocycles. The topological polar surface area (TPSA) is 66.8 Å². The first-order valence-corrected chi connectivity index (χ1v) is 9.66. The van der Waals surface area contributed by atoms with E-state index >= 15 is 0 Å². The molecule has 0 spiro atoms. The number of carboxylic acid groups (broad SMARTS) is 1. The number of carboxylic acids is 1. The van der Waals surface area contributed by atoms with Crippen molar-refractivity contribution in [2.24, 2.45) is 0 Å². The number of hydrogen-bond donors (Lipinski definition) is 1. The molecule has 2 aliphatic rings. The maximum absolute atomic E-state index is 12.6. The normalized spacial score (nSPS) is 17.9. The van der Waals surface area contributed by atoms with Gasteiger partial charge in [0.2, 0.25) is 0 Å². The molecule has 1 fully saturated rings. The average molecular weight is 389 g/mol. The molecule has 1 amide bonds. The van der Waals surface area contributed by atoms with E-state index in [4.69, 9.17) is 22.1 Å². The fraction of sp³-hybridized carbons (Fsp3) is 0.316. The summed E-state index contributed by atoms with van der Waals surface area (Å²) >= 11 is 6.63. The number of thioether (sulfide) groups is 1. The summed E-state index contributed by atoms with van der Waals surface area (Å²) in [4.78, 5) is 25.3. The monoisotopic (exact) mass is 389 g/mol. The van der Waals surface area contributed by atoms with Gasteiger partial charge in [0.05, 0.1) is 4.91 Å². The zero-order chi connectivity index (χ0) is 18.5. The predicted octanol–water partition coefficient (Wildman–Crippen LogP) is 3.85. The second-order valence-electron chi connectivity index (χ2n) is 6.08. The van der Waals surface area contributed by atoms with E-state index in [2.05, 4.69) is 0 Å². The molecule has 2 aliphatic heterocycles. The van der Waals surface area contributed by atoms with Crippen LogP contribution in [0.5, 0.6) is 5.75 Å². The Morgan fingerprint density at radius 2 is 2.12 bits per heavy atom. The standard InChI is InChI=1S/C19H19NO4S2/c21-17(22)8-2-1-5-9-20-18(23)16(26-19(20)25)11-13-10-14-6-3-4-7-15(14)24-12-13/h3-4,6-7,10-11H,1-2,5,8-9,12H2,(H,21,22). The number of nitrogens with zero attached hydrogens (tertiary/aromatic N) is 1. The van der Waals surface area contributed by atoms with Gasteiger partial charge in [-0.25, -0.2) is 0 Å². The molecular weight excluding hydrogens is 370 g/mol. The second-order valence-corrected chi connectivity index (χ2v) is 7.76. The SMILES string of the molecule is O=C(O)CCCCCN1C(=O)C(=CC2=Cc3ccccc3OC2)SC1=S. The highest BCUT2D eigenvalue weighted by Gasteiger charge is 2.31. The first-order valence-electron chi connectivity index (χ1n) is 8.44. The van der Waals surface area contributed by atoms with Crippen molar-refractivity contribution in [3.8, 4) is 5.75 Å². The maximum Gasteiger partial charge on any atom is 0.303 e. The molecule has 0 saturated carbocycles. The van der Waals surface area contributed by atoms with Crippen molar-refractivity contribution in [2.75, 3.05) is 13.2 Å². The fourth-order valence-electron chi connectivity index (χ4n) is 2.80. The Kier molecular flexibility index (Phi) is 6.11. The predicted molar refractivity (Wildman–Crippen MR) is 106 cm³/mol. The molecule has 1 aromatic carbocycles. The maximum atomic E-state index is 12.6. The van der Waals surface area contributed by atoms with E-state index in [0.717, 1.165) is 29.7 Å². The summed E-state index contributed by atoms with van der Waals surface area (Å²) in [6.45, 7) is 0.955. The van der Waals surface area contributed by atoms with Crippen molar-refractivity contribution in [2.45, 2.75) is 25.7 Å². The molecule has 3 rings (SSSR count).